The highest BCUT2D eigenvalue weighted by atomic mass is 32.2. The average molecular weight is 229 g/mol. The van der Waals surface area contributed by atoms with Gasteiger partial charge in [0.15, 0.2) is 15.7 Å². The number of nitrogens with zero attached hydrogens (tertiary/aromatic N) is 2. The van der Waals surface area contributed by atoms with Crippen molar-refractivity contribution in [3.8, 4) is 0 Å². The molecule has 6 heteroatoms. The summed E-state index contributed by atoms with van der Waals surface area (Å²) in [4.78, 5) is 4.33. The molecular weight excluding hydrogens is 214 g/mol. The van der Waals surface area contributed by atoms with Crippen LogP contribution in [0.15, 0.2) is 0 Å². The van der Waals surface area contributed by atoms with Gasteiger partial charge in [0.1, 0.15) is 5.82 Å². The van der Waals surface area contributed by atoms with Gasteiger partial charge in [-0.15, -0.1) is 0 Å². The van der Waals surface area contributed by atoms with Crippen LogP contribution in [0.5, 0.6) is 0 Å². The molecule has 0 spiro atoms. The van der Waals surface area contributed by atoms with Crippen molar-refractivity contribution in [2.45, 2.75) is 32.1 Å². The Bertz CT molecular complexity index is 450. The minimum Gasteiger partial charge on any atom is -0.263 e. The van der Waals surface area contributed by atoms with Gasteiger partial charge in [-0.25, -0.2) is 13.4 Å². The van der Waals surface area contributed by atoms with Crippen LogP contribution in [0.3, 0.4) is 0 Å². The molecule has 0 bridgehead atoms. The molecular formula is C9H15N3O2S. The molecule has 1 fully saturated rings. The van der Waals surface area contributed by atoms with Crippen LogP contribution < -0.4 is 0 Å². The molecule has 1 atom stereocenters. The molecule has 1 N–H and O–H groups in total. The molecule has 1 aromatic heterocycles. The maximum atomic E-state index is 11.3. The molecule has 5 nitrogen and oxygen atoms in total. The van der Waals surface area contributed by atoms with E-state index in [-0.39, 0.29) is 23.3 Å². The monoisotopic (exact) mass is 229 g/mol. The third kappa shape index (κ3) is 2.19. The summed E-state index contributed by atoms with van der Waals surface area (Å²) >= 11 is 0. The number of hydrogen-bond acceptors (Lipinski definition) is 4. The summed E-state index contributed by atoms with van der Waals surface area (Å²) < 4.78 is 22.6. The van der Waals surface area contributed by atoms with Gasteiger partial charge in [0.05, 0.1) is 11.5 Å². The SMILES string of the molecule is CC(C)c1n[nH]c(C2CCS(=O)(=O)C2)n1. The number of sulfone groups is 1. The number of aromatic amines is 1. The van der Waals surface area contributed by atoms with Gasteiger partial charge in [-0.2, -0.15) is 5.10 Å². The van der Waals surface area contributed by atoms with Gasteiger partial charge in [0.2, 0.25) is 0 Å². The quantitative estimate of drug-likeness (QED) is 0.815. The maximum Gasteiger partial charge on any atom is 0.153 e. The summed E-state index contributed by atoms with van der Waals surface area (Å²) in [6.07, 6.45) is 0.662. The highest BCUT2D eigenvalue weighted by Gasteiger charge is 2.31. The van der Waals surface area contributed by atoms with E-state index in [1.807, 2.05) is 13.8 Å². The molecule has 0 aromatic carbocycles. The predicted molar refractivity (Wildman–Crippen MR) is 56.5 cm³/mol. The lowest BCUT2D eigenvalue weighted by Gasteiger charge is -2.01. The average Bonchev–Trinajstić information content (AvgIpc) is 2.70. The number of hydrogen-bond donors (Lipinski definition) is 1. The third-order valence-corrected chi connectivity index (χ3v) is 4.42. The molecule has 0 saturated carbocycles. The van der Waals surface area contributed by atoms with E-state index in [9.17, 15) is 8.42 Å². The van der Waals surface area contributed by atoms with Crippen LogP contribution in [0, 0.1) is 0 Å². The number of rotatable bonds is 2. The maximum absolute atomic E-state index is 11.3. The molecule has 1 aliphatic rings. The van der Waals surface area contributed by atoms with Crippen LogP contribution >= 0.6 is 0 Å². The van der Waals surface area contributed by atoms with Crippen LogP contribution in [0.2, 0.25) is 0 Å². The van der Waals surface area contributed by atoms with E-state index in [1.54, 1.807) is 0 Å². The van der Waals surface area contributed by atoms with E-state index in [0.29, 0.717) is 6.42 Å². The third-order valence-electron chi connectivity index (χ3n) is 2.66. The molecule has 84 valence electrons. The highest BCUT2D eigenvalue weighted by molar-refractivity contribution is 7.91. The lowest BCUT2D eigenvalue weighted by Crippen LogP contribution is -2.05. The molecule has 15 heavy (non-hydrogen) atoms. The van der Waals surface area contributed by atoms with Crippen LogP contribution in [0.4, 0.5) is 0 Å². The summed E-state index contributed by atoms with van der Waals surface area (Å²) in [6, 6.07) is 0. The summed E-state index contributed by atoms with van der Waals surface area (Å²) in [5.41, 5.74) is 0. The van der Waals surface area contributed by atoms with Crippen LogP contribution in [0.1, 0.15) is 43.8 Å². The van der Waals surface area contributed by atoms with Gasteiger partial charge in [-0.3, -0.25) is 5.10 Å². The van der Waals surface area contributed by atoms with E-state index in [0.717, 1.165) is 11.6 Å². The molecule has 1 unspecified atom stereocenters. The van der Waals surface area contributed by atoms with Crippen LogP contribution in [-0.2, 0) is 9.84 Å². The van der Waals surface area contributed by atoms with Crippen molar-refractivity contribution in [3.63, 3.8) is 0 Å². The molecule has 0 radical (unpaired) electrons. The largest absolute Gasteiger partial charge is 0.263 e. The molecule has 1 aliphatic heterocycles. The predicted octanol–water partition coefficient (Wildman–Crippen LogP) is 0.830. The van der Waals surface area contributed by atoms with Gasteiger partial charge in [0, 0.05) is 11.8 Å². The van der Waals surface area contributed by atoms with Crippen molar-refractivity contribution >= 4 is 9.84 Å². The first-order valence-electron chi connectivity index (χ1n) is 5.10. The Morgan fingerprint density at radius 3 is 2.67 bits per heavy atom. The van der Waals surface area contributed by atoms with Gasteiger partial charge in [-0.05, 0) is 6.42 Å². The smallest absolute Gasteiger partial charge is 0.153 e. The van der Waals surface area contributed by atoms with Gasteiger partial charge in [-0.1, -0.05) is 13.8 Å². The number of H-pyrrole nitrogens is 1. The van der Waals surface area contributed by atoms with Crippen LogP contribution in [0.25, 0.3) is 0 Å². The summed E-state index contributed by atoms with van der Waals surface area (Å²) in [5.74, 6) is 2.24. The highest BCUT2D eigenvalue weighted by Crippen LogP contribution is 2.26. The summed E-state index contributed by atoms with van der Waals surface area (Å²) in [7, 11) is -2.84. The van der Waals surface area contributed by atoms with E-state index in [1.165, 1.54) is 0 Å². The van der Waals surface area contributed by atoms with Crippen molar-refractivity contribution in [2.24, 2.45) is 0 Å². The Labute approximate surface area is 89.2 Å². The molecule has 0 amide bonds. The standard InChI is InChI=1S/C9H15N3O2S/c1-6(2)8-10-9(12-11-8)7-3-4-15(13,14)5-7/h6-7H,3-5H2,1-2H3,(H,10,11,12). The summed E-state index contributed by atoms with van der Waals surface area (Å²) in [6.45, 7) is 4.02. The van der Waals surface area contributed by atoms with Crippen molar-refractivity contribution < 1.29 is 8.42 Å². The Kier molecular flexibility index (Phi) is 2.54. The zero-order valence-corrected chi connectivity index (χ0v) is 9.71. The second-order valence-corrected chi connectivity index (χ2v) is 6.56. The normalized spacial score (nSPS) is 24.9. The second-order valence-electron chi connectivity index (χ2n) is 4.33. The fraction of sp³-hybridized carbons (Fsp3) is 0.778. The van der Waals surface area contributed by atoms with E-state index in [2.05, 4.69) is 15.2 Å². The Hall–Kier alpha value is -0.910. The molecule has 1 aromatic rings. The summed E-state index contributed by atoms with van der Waals surface area (Å²) in [5, 5.41) is 6.92. The fourth-order valence-corrected chi connectivity index (χ4v) is 3.49. The van der Waals surface area contributed by atoms with Crippen molar-refractivity contribution in [1.29, 1.82) is 0 Å². The van der Waals surface area contributed by atoms with Crippen molar-refractivity contribution in [1.82, 2.24) is 15.2 Å². The topological polar surface area (TPSA) is 75.7 Å². The molecule has 1 saturated heterocycles. The zero-order valence-electron chi connectivity index (χ0n) is 8.90. The Morgan fingerprint density at radius 1 is 1.47 bits per heavy atom. The Morgan fingerprint density at radius 2 is 2.20 bits per heavy atom. The van der Waals surface area contributed by atoms with Crippen molar-refractivity contribution in [2.75, 3.05) is 11.5 Å². The number of nitrogens with one attached hydrogen (secondary N) is 1. The molecule has 2 rings (SSSR count). The zero-order chi connectivity index (χ0) is 11.1. The van der Waals surface area contributed by atoms with Gasteiger partial charge in [0.25, 0.3) is 0 Å². The first-order chi connectivity index (χ1) is 6.98. The number of aromatic nitrogens is 3. The molecule has 0 aliphatic carbocycles. The lowest BCUT2D eigenvalue weighted by molar-refractivity contribution is 0.601. The minimum atomic E-state index is -2.84. The van der Waals surface area contributed by atoms with E-state index in [4.69, 9.17) is 0 Å². The van der Waals surface area contributed by atoms with Crippen molar-refractivity contribution in [3.05, 3.63) is 11.6 Å². The Balaban J connectivity index is 2.17. The van der Waals surface area contributed by atoms with Gasteiger partial charge < -0.3 is 0 Å². The lowest BCUT2D eigenvalue weighted by atomic mass is 10.1. The van der Waals surface area contributed by atoms with Crippen LogP contribution in [-0.4, -0.2) is 35.1 Å². The first kappa shape index (κ1) is 10.6. The first-order valence-corrected chi connectivity index (χ1v) is 6.93. The van der Waals surface area contributed by atoms with E-state index >= 15 is 0 Å². The second kappa shape index (κ2) is 3.59. The molecule has 2 heterocycles. The van der Waals surface area contributed by atoms with Gasteiger partial charge >= 0.3 is 0 Å². The van der Waals surface area contributed by atoms with E-state index < -0.39 is 9.84 Å². The minimum absolute atomic E-state index is 0.00926. The fourth-order valence-electron chi connectivity index (χ4n) is 1.74.